The molecule has 0 saturated carbocycles. The zero-order valence-corrected chi connectivity index (χ0v) is 20.7. The van der Waals surface area contributed by atoms with Gasteiger partial charge in [-0.25, -0.2) is 0 Å². The van der Waals surface area contributed by atoms with Crippen LogP contribution in [0.15, 0.2) is 0 Å². The molecule has 0 aliphatic carbocycles. The lowest BCUT2D eigenvalue weighted by Gasteiger charge is -2.28. The topological polar surface area (TPSA) is 88.1 Å². The number of hydrogen-bond acceptors (Lipinski definition) is 7. The lowest BCUT2D eigenvalue weighted by Crippen LogP contribution is -2.29. The van der Waals surface area contributed by atoms with Gasteiger partial charge in [-0.15, -0.1) is 0 Å². The second kappa shape index (κ2) is 16.7. The highest BCUT2D eigenvalue weighted by Crippen LogP contribution is 2.55. The summed E-state index contributed by atoms with van der Waals surface area (Å²) in [6.07, 6.45) is 7.44. The van der Waals surface area contributed by atoms with E-state index in [1.54, 1.807) is 0 Å². The van der Waals surface area contributed by atoms with Crippen LogP contribution < -0.4 is 0 Å². The van der Waals surface area contributed by atoms with E-state index >= 15 is 0 Å². The number of hydrogen-bond donors (Lipinski definition) is 0. The molecule has 0 saturated heterocycles. The van der Waals surface area contributed by atoms with Gasteiger partial charge in [0.1, 0.15) is 0 Å². The summed E-state index contributed by atoms with van der Waals surface area (Å²) in [5.41, 5.74) is -1.33. The maximum Gasteiger partial charge on any atom is 0.345 e. The average Bonchev–Trinajstić information content (AvgIpc) is 2.76. The van der Waals surface area contributed by atoms with Crippen LogP contribution in [0.3, 0.4) is 0 Å². The minimum atomic E-state index is -3.94. The molecule has 3 unspecified atom stereocenters. The summed E-state index contributed by atoms with van der Waals surface area (Å²) in [7, 11) is -1.52. The number of methoxy groups -OCH3 is 2. The van der Waals surface area contributed by atoms with E-state index in [4.69, 9.17) is 18.5 Å². The Labute approximate surface area is 183 Å². The van der Waals surface area contributed by atoms with E-state index in [0.717, 1.165) is 51.4 Å². The first-order valence-corrected chi connectivity index (χ1v) is 13.0. The largest absolute Gasteiger partial charge is 0.469 e. The van der Waals surface area contributed by atoms with Gasteiger partial charge in [-0.3, -0.25) is 14.2 Å². The van der Waals surface area contributed by atoms with E-state index in [0.29, 0.717) is 0 Å². The number of esters is 2. The molecule has 8 heteroatoms. The highest BCUT2D eigenvalue weighted by molar-refractivity contribution is 7.55. The zero-order valence-electron chi connectivity index (χ0n) is 19.8. The normalized spacial score (nSPS) is 16.3. The predicted molar refractivity (Wildman–Crippen MR) is 119 cm³/mol. The van der Waals surface area contributed by atoms with Gasteiger partial charge in [-0.2, -0.15) is 0 Å². The average molecular weight is 451 g/mol. The number of ether oxygens (including phenoxy) is 2. The molecule has 0 fully saturated rings. The van der Waals surface area contributed by atoms with Gasteiger partial charge in [-0.05, 0) is 24.7 Å². The molecule has 0 N–H and O–H groups in total. The molecule has 178 valence electrons. The minimum absolute atomic E-state index is 0.209. The molecule has 0 radical (unpaired) electrons. The maximum atomic E-state index is 13.8. The molecule has 0 rings (SSSR count). The van der Waals surface area contributed by atoms with Crippen molar-refractivity contribution in [1.29, 1.82) is 0 Å². The zero-order chi connectivity index (χ0) is 23.0. The molecule has 7 nitrogen and oxygen atoms in total. The quantitative estimate of drug-likeness (QED) is 0.194. The molecule has 0 aliphatic rings. The summed E-state index contributed by atoms with van der Waals surface area (Å²) in [4.78, 5) is 24.3. The first kappa shape index (κ1) is 29.1. The third kappa shape index (κ3) is 10.9. The van der Waals surface area contributed by atoms with Gasteiger partial charge >= 0.3 is 19.5 Å². The van der Waals surface area contributed by atoms with Crippen LogP contribution in [-0.4, -0.2) is 45.0 Å². The van der Waals surface area contributed by atoms with E-state index in [1.165, 1.54) is 14.2 Å². The molecular weight excluding hydrogens is 407 g/mol. The minimum Gasteiger partial charge on any atom is -0.469 e. The Morgan fingerprint density at radius 1 is 0.800 bits per heavy atom. The van der Waals surface area contributed by atoms with Gasteiger partial charge in [0.15, 0.2) is 5.66 Å². The van der Waals surface area contributed by atoms with E-state index in [1.807, 2.05) is 0 Å². The van der Waals surface area contributed by atoms with Crippen LogP contribution >= 0.6 is 7.60 Å². The maximum absolute atomic E-state index is 13.8. The molecule has 0 aromatic carbocycles. The van der Waals surface area contributed by atoms with Crippen molar-refractivity contribution in [3.05, 3.63) is 0 Å². The molecular formula is C22H43O7P. The Kier molecular flexibility index (Phi) is 16.2. The highest BCUT2D eigenvalue weighted by Gasteiger charge is 2.45. The third-order valence-electron chi connectivity index (χ3n) is 5.51. The molecule has 0 bridgehead atoms. The number of carbonyl (C=O) groups excluding carboxylic acids is 2. The van der Waals surface area contributed by atoms with E-state index in [9.17, 15) is 14.2 Å². The molecule has 30 heavy (non-hydrogen) atoms. The summed E-state index contributed by atoms with van der Waals surface area (Å²) in [5.74, 6) is -1.03. The Balaban J connectivity index is 5.57. The van der Waals surface area contributed by atoms with Crippen LogP contribution in [0.2, 0.25) is 0 Å². The van der Waals surface area contributed by atoms with Crippen molar-refractivity contribution in [2.24, 2.45) is 11.8 Å². The first-order valence-electron chi connectivity index (χ1n) is 11.3. The molecule has 0 aromatic heterocycles. The molecule has 3 atom stereocenters. The van der Waals surface area contributed by atoms with Crippen LogP contribution in [0.5, 0.6) is 0 Å². The Morgan fingerprint density at radius 2 is 1.27 bits per heavy atom. The molecule has 0 spiro atoms. The first-order chi connectivity index (χ1) is 14.3. The number of unbranched alkanes of at least 4 members (excludes halogenated alkanes) is 2. The van der Waals surface area contributed by atoms with Crippen molar-refractivity contribution in [3.63, 3.8) is 0 Å². The second-order valence-corrected chi connectivity index (χ2v) is 10.0. The van der Waals surface area contributed by atoms with Gasteiger partial charge in [-0.1, -0.05) is 66.2 Å². The van der Waals surface area contributed by atoms with E-state index < -0.39 is 31.6 Å². The molecule has 0 aliphatic heterocycles. The summed E-state index contributed by atoms with van der Waals surface area (Å²) in [5, 5.41) is 0. The third-order valence-corrected chi connectivity index (χ3v) is 7.68. The summed E-state index contributed by atoms with van der Waals surface area (Å²) >= 11 is 0. The lowest BCUT2D eigenvalue weighted by atomic mass is 10.0. The molecule has 0 heterocycles. The van der Waals surface area contributed by atoms with Crippen molar-refractivity contribution >= 4 is 19.5 Å². The van der Waals surface area contributed by atoms with Crippen molar-refractivity contribution in [1.82, 2.24) is 0 Å². The van der Waals surface area contributed by atoms with Gasteiger partial charge in [0.05, 0.1) is 33.9 Å². The van der Waals surface area contributed by atoms with E-state index in [-0.39, 0.29) is 25.0 Å². The number of rotatable bonds is 18. The van der Waals surface area contributed by atoms with Crippen LogP contribution in [0, 0.1) is 11.8 Å². The standard InChI is InChI=1S/C22H43O7P/c1-7-11-13-18(9-3)16-28-30(25,29-17-19(10-4)14-12-8-2)20(22(24)27-6)15-21(23)26-5/h18-20H,7-17H2,1-6H3. The van der Waals surface area contributed by atoms with Gasteiger partial charge in [0, 0.05) is 0 Å². The fourth-order valence-electron chi connectivity index (χ4n) is 3.13. The Bertz CT molecular complexity index is 500. The van der Waals surface area contributed by atoms with Gasteiger partial charge < -0.3 is 18.5 Å². The monoisotopic (exact) mass is 450 g/mol. The van der Waals surface area contributed by atoms with Crippen molar-refractivity contribution in [2.45, 2.75) is 91.1 Å². The van der Waals surface area contributed by atoms with Gasteiger partial charge in [0.25, 0.3) is 0 Å². The lowest BCUT2D eigenvalue weighted by molar-refractivity contribution is -0.147. The fourth-order valence-corrected chi connectivity index (χ4v) is 5.14. The van der Waals surface area contributed by atoms with Gasteiger partial charge in [0.2, 0.25) is 0 Å². The smallest absolute Gasteiger partial charge is 0.345 e. The van der Waals surface area contributed by atoms with Crippen molar-refractivity contribution in [3.8, 4) is 0 Å². The predicted octanol–water partition coefficient (Wildman–Crippen LogP) is 5.75. The molecule has 0 amide bonds. The van der Waals surface area contributed by atoms with Crippen LogP contribution in [-0.2, 0) is 32.7 Å². The summed E-state index contributed by atoms with van der Waals surface area (Å²) < 4.78 is 35.0. The summed E-state index contributed by atoms with van der Waals surface area (Å²) in [6.45, 7) is 8.78. The van der Waals surface area contributed by atoms with Crippen LogP contribution in [0.25, 0.3) is 0 Å². The second-order valence-electron chi connectivity index (χ2n) is 7.78. The van der Waals surface area contributed by atoms with E-state index in [2.05, 4.69) is 27.7 Å². The Hall–Kier alpha value is -0.910. The highest BCUT2D eigenvalue weighted by atomic mass is 31.2. The molecule has 0 aromatic rings. The SMILES string of the molecule is CCCCC(CC)COP(=O)(OCC(CC)CCCC)C(CC(=O)OC)C(=O)OC. The van der Waals surface area contributed by atoms with Crippen LogP contribution in [0.4, 0.5) is 0 Å². The summed E-state index contributed by atoms with van der Waals surface area (Å²) in [6, 6.07) is 0. The van der Waals surface area contributed by atoms with Crippen LogP contribution in [0.1, 0.15) is 85.5 Å². The van der Waals surface area contributed by atoms with Crippen molar-refractivity contribution < 1.29 is 32.7 Å². The fraction of sp³-hybridized carbons (Fsp3) is 0.909. The Morgan fingerprint density at radius 3 is 1.60 bits per heavy atom. The van der Waals surface area contributed by atoms with Crippen molar-refractivity contribution in [2.75, 3.05) is 27.4 Å². The number of carbonyl (C=O) groups is 2.